The fourth-order valence-corrected chi connectivity index (χ4v) is 3.15. The van der Waals surface area contributed by atoms with Crippen LogP contribution in [0.25, 0.3) is 0 Å². The average molecular weight is 341 g/mol. The maximum atomic E-state index is 5.79. The molecule has 1 aliphatic rings. The summed E-state index contributed by atoms with van der Waals surface area (Å²) in [5, 5.41) is 3.61. The van der Waals surface area contributed by atoms with E-state index < -0.39 is 0 Å². The van der Waals surface area contributed by atoms with Gasteiger partial charge in [0.05, 0.1) is 0 Å². The van der Waals surface area contributed by atoms with Gasteiger partial charge in [0.25, 0.3) is 0 Å². The van der Waals surface area contributed by atoms with Crippen molar-refractivity contribution in [2.75, 3.05) is 5.32 Å². The monoisotopic (exact) mass is 340 g/mol. The fraction of sp³-hybridized carbons (Fsp3) is 0.533. The molecule has 1 aromatic rings. The lowest BCUT2D eigenvalue weighted by molar-refractivity contribution is 0.232. The van der Waals surface area contributed by atoms with Crippen molar-refractivity contribution in [3.05, 3.63) is 28.2 Å². The molecular formula is C15H21BrN2S. The van der Waals surface area contributed by atoms with E-state index in [4.69, 9.17) is 18.0 Å². The molecule has 2 nitrogen and oxygen atoms in total. The molecule has 0 saturated heterocycles. The van der Waals surface area contributed by atoms with Gasteiger partial charge in [-0.15, -0.1) is 0 Å². The van der Waals surface area contributed by atoms with Crippen molar-refractivity contribution in [2.24, 2.45) is 11.1 Å². The number of halogens is 1. The van der Waals surface area contributed by atoms with Crippen LogP contribution in [0, 0.1) is 5.41 Å². The molecule has 19 heavy (non-hydrogen) atoms. The minimum absolute atomic E-state index is 0.450. The fourth-order valence-electron chi connectivity index (χ4n) is 2.61. The van der Waals surface area contributed by atoms with Gasteiger partial charge >= 0.3 is 0 Å². The lowest BCUT2D eigenvalue weighted by Gasteiger charge is -2.35. The second-order valence-corrected chi connectivity index (χ2v) is 7.49. The van der Waals surface area contributed by atoms with Crippen LogP contribution in [0.2, 0.25) is 0 Å². The van der Waals surface area contributed by atoms with E-state index >= 15 is 0 Å². The molecule has 0 bridgehead atoms. The van der Waals surface area contributed by atoms with Gasteiger partial charge in [0.2, 0.25) is 0 Å². The molecule has 0 amide bonds. The number of anilines is 1. The largest absolute Gasteiger partial charge is 0.389 e. The van der Waals surface area contributed by atoms with Crippen molar-refractivity contribution in [3.63, 3.8) is 0 Å². The Morgan fingerprint density at radius 2 is 2.00 bits per heavy atom. The number of hydrogen-bond acceptors (Lipinski definition) is 2. The summed E-state index contributed by atoms with van der Waals surface area (Å²) in [6.07, 6.45) is 4.94. The second-order valence-electron chi connectivity index (χ2n) is 6.14. The summed E-state index contributed by atoms with van der Waals surface area (Å²) in [6.45, 7) is 4.70. The van der Waals surface area contributed by atoms with E-state index in [0.29, 0.717) is 16.4 Å². The molecule has 104 valence electrons. The van der Waals surface area contributed by atoms with Gasteiger partial charge in [0, 0.05) is 21.8 Å². The van der Waals surface area contributed by atoms with E-state index in [1.807, 2.05) is 12.1 Å². The van der Waals surface area contributed by atoms with Crippen LogP contribution in [0.3, 0.4) is 0 Å². The lowest BCUT2D eigenvalue weighted by Crippen LogP contribution is -2.30. The summed E-state index contributed by atoms with van der Waals surface area (Å²) in [5.74, 6) is 0. The quantitative estimate of drug-likeness (QED) is 0.797. The minimum Gasteiger partial charge on any atom is -0.389 e. The molecule has 0 unspecified atom stereocenters. The van der Waals surface area contributed by atoms with Gasteiger partial charge < -0.3 is 11.1 Å². The van der Waals surface area contributed by atoms with Gasteiger partial charge in [0.1, 0.15) is 4.99 Å². The zero-order valence-electron chi connectivity index (χ0n) is 11.5. The molecule has 2 rings (SSSR count). The van der Waals surface area contributed by atoms with Crippen molar-refractivity contribution >= 4 is 38.8 Å². The average Bonchev–Trinajstić information content (AvgIpc) is 2.31. The first kappa shape index (κ1) is 14.8. The van der Waals surface area contributed by atoms with Crippen LogP contribution in [0.5, 0.6) is 0 Å². The summed E-state index contributed by atoms with van der Waals surface area (Å²) in [6, 6.07) is 6.54. The van der Waals surface area contributed by atoms with Crippen molar-refractivity contribution in [3.8, 4) is 0 Å². The molecule has 3 N–H and O–H groups in total. The van der Waals surface area contributed by atoms with Crippen molar-refractivity contribution in [2.45, 2.75) is 45.6 Å². The van der Waals surface area contributed by atoms with Gasteiger partial charge in [-0.05, 0) is 49.3 Å². The highest BCUT2D eigenvalue weighted by atomic mass is 79.9. The highest BCUT2D eigenvalue weighted by Crippen LogP contribution is 2.36. The summed E-state index contributed by atoms with van der Waals surface area (Å²) >= 11 is 8.62. The van der Waals surface area contributed by atoms with Crippen molar-refractivity contribution in [1.82, 2.24) is 0 Å². The third-order valence-corrected chi connectivity index (χ3v) is 4.66. The molecule has 1 saturated carbocycles. The predicted molar refractivity (Wildman–Crippen MR) is 89.7 cm³/mol. The molecule has 4 heteroatoms. The Bertz CT molecular complexity index is 475. The van der Waals surface area contributed by atoms with Crippen molar-refractivity contribution < 1.29 is 0 Å². The summed E-state index contributed by atoms with van der Waals surface area (Å²) in [4.78, 5) is 0.450. The summed E-state index contributed by atoms with van der Waals surface area (Å²) in [5.41, 5.74) is 8.26. The molecule has 1 aromatic carbocycles. The Hall–Kier alpha value is -0.610. The third-order valence-electron chi connectivity index (χ3n) is 3.95. The highest BCUT2D eigenvalue weighted by Gasteiger charge is 2.27. The number of hydrogen-bond donors (Lipinski definition) is 2. The Kier molecular flexibility index (Phi) is 4.51. The molecule has 0 aliphatic heterocycles. The van der Waals surface area contributed by atoms with Crippen LogP contribution >= 0.6 is 28.1 Å². The zero-order chi connectivity index (χ0) is 14.0. The van der Waals surface area contributed by atoms with Crippen LogP contribution in [0.15, 0.2) is 22.7 Å². The molecule has 0 aromatic heterocycles. The standard InChI is InChI=1S/C15H21BrN2S/c1-15(2)7-5-11(6-8-15)18-13-9-10(16)3-4-12(13)14(17)19/h3-4,9,11,18H,5-8H2,1-2H3,(H2,17,19). The van der Waals surface area contributed by atoms with E-state index in [1.54, 1.807) is 0 Å². The second kappa shape index (κ2) is 5.80. The number of rotatable bonds is 3. The Morgan fingerprint density at radius 1 is 1.37 bits per heavy atom. The van der Waals surface area contributed by atoms with Crippen molar-refractivity contribution in [1.29, 1.82) is 0 Å². The highest BCUT2D eigenvalue weighted by molar-refractivity contribution is 9.10. The Labute approximate surface area is 129 Å². The first-order chi connectivity index (χ1) is 8.87. The first-order valence-corrected chi connectivity index (χ1v) is 7.93. The topological polar surface area (TPSA) is 38.0 Å². The molecule has 0 spiro atoms. The van der Waals surface area contributed by atoms with Gasteiger partial charge in [-0.2, -0.15) is 0 Å². The summed E-state index contributed by atoms with van der Waals surface area (Å²) in [7, 11) is 0. The predicted octanol–water partition coefficient (Wildman–Crippen LogP) is 4.46. The van der Waals surface area contributed by atoms with E-state index in [0.717, 1.165) is 15.7 Å². The third kappa shape index (κ3) is 3.93. The molecule has 0 atom stereocenters. The number of benzene rings is 1. The minimum atomic E-state index is 0.450. The van der Waals surface area contributed by atoms with Crippen LogP contribution < -0.4 is 11.1 Å². The maximum Gasteiger partial charge on any atom is 0.106 e. The van der Waals surface area contributed by atoms with Gasteiger partial charge in [0.15, 0.2) is 0 Å². The van der Waals surface area contributed by atoms with Crippen LogP contribution in [0.4, 0.5) is 5.69 Å². The lowest BCUT2D eigenvalue weighted by atomic mass is 9.75. The summed E-state index contributed by atoms with van der Waals surface area (Å²) < 4.78 is 1.05. The van der Waals surface area contributed by atoms with E-state index in [2.05, 4.69) is 41.2 Å². The maximum absolute atomic E-state index is 5.79. The van der Waals surface area contributed by atoms with Crippen LogP contribution in [-0.2, 0) is 0 Å². The first-order valence-electron chi connectivity index (χ1n) is 6.73. The molecule has 1 aliphatic carbocycles. The normalized spacial score (nSPS) is 19.1. The van der Waals surface area contributed by atoms with Crippen LogP contribution in [0.1, 0.15) is 45.1 Å². The van der Waals surface area contributed by atoms with Gasteiger partial charge in [-0.3, -0.25) is 0 Å². The number of nitrogens with two attached hydrogens (primary N) is 1. The van der Waals surface area contributed by atoms with Gasteiger partial charge in [-0.1, -0.05) is 42.0 Å². The Morgan fingerprint density at radius 3 is 2.58 bits per heavy atom. The molecular weight excluding hydrogens is 320 g/mol. The van der Waals surface area contributed by atoms with E-state index in [9.17, 15) is 0 Å². The molecule has 0 heterocycles. The smallest absolute Gasteiger partial charge is 0.106 e. The molecule has 1 fully saturated rings. The van der Waals surface area contributed by atoms with Crippen LogP contribution in [-0.4, -0.2) is 11.0 Å². The molecule has 0 radical (unpaired) electrons. The van der Waals surface area contributed by atoms with Gasteiger partial charge in [-0.25, -0.2) is 0 Å². The van der Waals surface area contributed by atoms with E-state index in [-0.39, 0.29) is 0 Å². The zero-order valence-corrected chi connectivity index (χ0v) is 13.9. The Balaban J connectivity index is 2.11. The SMILES string of the molecule is CC1(C)CCC(Nc2cc(Br)ccc2C(N)=S)CC1. The number of thiocarbonyl (C=S) groups is 1. The van der Waals surface area contributed by atoms with E-state index in [1.165, 1.54) is 25.7 Å². The number of nitrogens with one attached hydrogen (secondary N) is 1.